The molecule has 0 saturated carbocycles. The fourth-order valence-corrected chi connectivity index (χ4v) is 9.24. The fourth-order valence-electron chi connectivity index (χ4n) is 9.24. The van der Waals surface area contributed by atoms with E-state index in [0.29, 0.717) is 0 Å². The highest BCUT2D eigenvalue weighted by Crippen LogP contribution is 2.60. The molecular formula is C52H42N4. The van der Waals surface area contributed by atoms with Crippen LogP contribution in [0.15, 0.2) is 182 Å². The summed E-state index contributed by atoms with van der Waals surface area (Å²) in [5.74, 6) is 0. The van der Waals surface area contributed by atoms with Gasteiger partial charge >= 0.3 is 0 Å². The highest BCUT2D eigenvalue weighted by molar-refractivity contribution is 5.98. The summed E-state index contributed by atoms with van der Waals surface area (Å²) >= 11 is 0. The number of hydrogen-bond donors (Lipinski definition) is 0. The third-order valence-electron chi connectivity index (χ3n) is 11.8. The number of aromatic nitrogens is 2. The van der Waals surface area contributed by atoms with E-state index in [1.165, 1.54) is 44.5 Å². The van der Waals surface area contributed by atoms with Gasteiger partial charge in [0.2, 0.25) is 0 Å². The maximum atomic E-state index is 5.32. The first-order chi connectivity index (χ1) is 27.3. The second kappa shape index (κ2) is 12.9. The average Bonchev–Trinajstić information content (AvgIpc) is 3.61. The zero-order chi connectivity index (χ0) is 38.0. The molecule has 8 aromatic rings. The lowest BCUT2D eigenvalue weighted by atomic mass is 9.73. The van der Waals surface area contributed by atoms with E-state index in [1.54, 1.807) is 0 Å². The molecule has 0 spiro atoms. The van der Waals surface area contributed by atoms with Crippen molar-refractivity contribution >= 4 is 34.1 Å². The number of hydrogen-bond acceptors (Lipinski definition) is 4. The standard InChI is InChI=1S/C52H42N4/c1-51(2)44-31-40(55(36-22-12-6-13-23-36)37-24-14-7-15-25-37)30-42(35-20-10-5-11-21-35)46(44)43-34-54-50-48(47(43)51)52(3,4)45-32-41(33-53-49(45)50)56(38-26-16-8-17-27-38)39-28-18-9-19-29-39/h5-34H,1-4H3. The molecule has 0 atom stereocenters. The minimum absolute atomic E-state index is 0.335. The first-order valence-corrected chi connectivity index (χ1v) is 19.4. The molecule has 0 N–H and O–H groups in total. The highest BCUT2D eigenvalue weighted by atomic mass is 15.2. The van der Waals surface area contributed by atoms with Crippen LogP contribution in [0.1, 0.15) is 49.9 Å². The lowest BCUT2D eigenvalue weighted by Gasteiger charge is -2.31. The molecule has 0 radical (unpaired) electrons. The van der Waals surface area contributed by atoms with Crippen molar-refractivity contribution in [3.05, 3.63) is 205 Å². The largest absolute Gasteiger partial charge is 0.310 e. The van der Waals surface area contributed by atoms with Crippen molar-refractivity contribution in [1.29, 1.82) is 0 Å². The van der Waals surface area contributed by atoms with E-state index in [4.69, 9.17) is 9.97 Å². The molecule has 0 aliphatic heterocycles. The van der Waals surface area contributed by atoms with Crippen molar-refractivity contribution < 1.29 is 0 Å². The Morgan fingerprint density at radius 1 is 0.375 bits per heavy atom. The van der Waals surface area contributed by atoms with E-state index >= 15 is 0 Å². The summed E-state index contributed by atoms with van der Waals surface area (Å²) < 4.78 is 0. The van der Waals surface area contributed by atoms with E-state index in [-0.39, 0.29) is 10.8 Å². The number of benzene rings is 6. The van der Waals surface area contributed by atoms with Gasteiger partial charge in [0.1, 0.15) is 0 Å². The molecule has 56 heavy (non-hydrogen) atoms. The number of para-hydroxylation sites is 4. The first-order valence-electron chi connectivity index (χ1n) is 19.4. The van der Waals surface area contributed by atoms with Crippen molar-refractivity contribution in [2.75, 3.05) is 9.80 Å². The summed E-state index contributed by atoms with van der Waals surface area (Å²) in [7, 11) is 0. The van der Waals surface area contributed by atoms with Gasteiger partial charge in [-0.15, -0.1) is 0 Å². The predicted octanol–water partition coefficient (Wildman–Crippen LogP) is 13.7. The van der Waals surface area contributed by atoms with Crippen molar-refractivity contribution in [3.8, 4) is 33.6 Å². The van der Waals surface area contributed by atoms with Crippen molar-refractivity contribution in [2.45, 2.75) is 38.5 Å². The van der Waals surface area contributed by atoms with Gasteiger partial charge in [-0.3, -0.25) is 9.97 Å². The normalized spacial score (nSPS) is 14.0. The summed E-state index contributed by atoms with van der Waals surface area (Å²) in [5.41, 5.74) is 17.8. The van der Waals surface area contributed by atoms with Crippen LogP contribution in [0.5, 0.6) is 0 Å². The fraction of sp³-hybridized carbons (Fsp3) is 0.115. The monoisotopic (exact) mass is 722 g/mol. The van der Waals surface area contributed by atoms with E-state index in [1.807, 2.05) is 6.20 Å². The van der Waals surface area contributed by atoms with Crippen LogP contribution in [0.4, 0.5) is 34.1 Å². The minimum atomic E-state index is -0.361. The number of anilines is 6. The lowest BCUT2D eigenvalue weighted by Crippen LogP contribution is -2.25. The molecule has 6 aromatic carbocycles. The predicted molar refractivity (Wildman–Crippen MR) is 232 cm³/mol. The van der Waals surface area contributed by atoms with Gasteiger partial charge in [-0.1, -0.05) is 131 Å². The van der Waals surface area contributed by atoms with Crippen LogP contribution in [0.2, 0.25) is 0 Å². The van der Waals surface area contributed by atoms with Crippen LogP contribution < -0.4 is 9.80 Å². The summed E-state index contributed by atoms with van der Waals surface area (Å²) in [6.07, 6.45) is 4.14. The van der Waals surface area contributed by atoms with Crippen LogP contribution in [0.3, 0.4) is 0 Å². The van der Waals surface area contributed by atoms with Crippen molar-refractivity contribution in [2.24, 2.45) is 0 Å². The molecule has 4 nitrogen and oxygen atoms in total. The summed E-state index contributed by atoms with van der Waals surface area (Å²) in [6, 6.07) is 60.5. The van der Waals surface area contributed by atoms with Gasteiger partial charge in [0.05, 0.1) is 23.3 Å². The zero-order valence-electron chi connectivity index (χ0n) is 32.1. The summed E-state index contributed by atoms with van der Waals surface area (Å²) in [6.45, 7) is 9.51. The Bertz CT molecular complexity index is 2650. The highest BCUT2D eigenvalue weighted by Gasteiger charge is 2.48. The minimum Gasteiger partial charge on any atom is -0.310 e. The van der Waals surface area contributed by atoms with E-state index in [0.717, 1.165) is 45.5 Å². The Labute approximate surface area is 329 Å². The second-order valence-electron chi connectivity index (χ2n) is 15.9. The molecule has 0 unspecified atom stereocenters. The molecule has 4 heteroatoms. The second-order valence-corrected chi connectivity index (χ2v) is 15.9. The van der Waals surface area contributed by atoms with Crippen LogP contribution >= 0.6 is 0 Å². The van der Waals surface area contributed by atoms with E-state index in [2.05, 4.69) is 214 Å². The third kappa shape index (κ3) is 5.20. The van der Waals surface area contributed by atoms with Gasteiger partial charge in [0, 0.05) is 51.0 Å². The average molecular weight is 723 g/mol. The molecule has 270 valence electrons. The Kier molecular flexibility index (Phi) is 7.79. The number of pyridine rings is 2. The zero-order valence-corrected chi connectivity index (χ0v) is 32.1. The lowest BCUT2D eigenvalue weighted by molar-refractivity contribution is 0.599. The van der Waals surface area contributed by atoms with Gasteiger partial charge in [-0.2, -0.15) is 0 Å². The number of rotatable bonds is 7. The molecule has 0 saturated heterocycles. The Hall–Kier alpha value is -6.78. The van der Waals surface area contributed by atoms with Gasteiger partial charge < -0.3 is 9.80 Å². The van der Waals surface area contributed by atoms with Crippen LogP contribution in [-0.4, -0.2) is 9.97 Å². The molecule has 10 rings (SSSR count). The van der Waals surface area contributed by atoms with Crippen molar-refractivity contribution in [3.63, 3.8) is 0 Å². The SMILES string of the molecule is CC1(C)c2cc(N(c3ccccc3)c3ccccc3)cc(-c3ccccc3)c2-c2cnc3c(c21)C(C)(C)c1cc(N(c2ccccc2)c2ccccc2)cnc1-3. The number of nitrogens with zero attached hydrogens (tertiary/aromatic N) is 4. The summed E-state index contributed by atoms with van der Waals surface area (Å²) in [5, 5.41) is 0. The third-order valence-corrected chi connectivity index (χ3v) is 11.8. The van der Waals surface area contributed by atoms with Crippen LogP contribution in [0.25, 0.3) is 33.6 Å². The van der Waals surface area contributed by atoms with E-state index in [9.17, 15) is 0 Å². The van der Waals surface area contributed by atoms with Crippen molar-refractivity contribution in [1.82, 2.24) is 9.97 Å². The molecule has 2 aliphatic carbocycles. The molecular weight excluding hydrogens is 681 g/mol. The first kappa shape index (κ1) is 33.8. The molecule has 2 aliphatic rings. The molecule has 2 heterocycles. The molecule has 0 amide bonds. The Balaban J connectivity index is 1.17. The molecule has 2 aromatic heterocycles. The maximum absolute atomic E-state index is 5.32. The maximum Gasteiger partial charge on any atom is 0.0933 e. The molecule has 0 bridgehead atoms. The van der Waals surface area contributed by atoms with Crippen LogP contribution in [0, 0.1) is 0 Å². The Morgan fingerprint density at radius 3 is 1.32 bits per heavy atom. The van der Waals surface area contributed by atoms with E-state index < -0.39 is 0 Å². The summed E-state index contributed by atoms with van der Waals surface area (Å²) in [4.78, 5) is 15.2. The van der Waals surface area contributed by atoms with Gasteiger partial charge in [0.25, 0.3) is 0 Å². The topological polar surface area (TPSA) is 32.3 Å². The smallest absolute Gasteiger partial charge is 0.0933 e. The van der Waals surface area contributed by atoms with Gasteiger partial charge in [-0.25, -0.2) is 0 Å². The quantitative estimate of drug-likeness (QED) is 0.164. The van der Waals surface area contributed by atoms with Gasteiger partial charge in [0.15, 0.2) is 0 Å². The molecule has 0 fully saturated rings. The number of fused-ring (bicyclic) bond motifs is 7. The Morgan fingerprint density at radius 2 is 0.804 bits per heavy atom. The van der Waals surface area contributed by atoms with Crippen LogP contribution in [-0.2, 0) is 10.8 Å². The van der Waals surface area contributed by atoms with Gasteiger partial charge in [-0.05, 0) is 106 Å².